The van der Waals surface area contributed by atoms with Crippen molar-refractivity contribution in [3.63, 3.8) is 0 Å². The third kappa shape index (κ3) is 2.52. The van der Waals surface area contributed by atoms with Gasteiger partial charge in [0.05, 0.1) is 7.11 Å². The molecule has 0 aliphatic heterocycles. The van der Waals surface area contributed by atoms with Crippen molar-refractivity contribution >= 4 is 0 Å². The second-order valence-corrected chi connectivity index (χ2v) is 5.52. The van der Waals surface area contributed by atoms with Gasteiger partial charge in [-0.2, -0.15) is 0 Å². The average molecular weight is 250 g/mol. The van der Waals surface area contributed by atoms with Crippen LogP contribution in [0.25, 0.3) is 0 Å². The van der Waals surface area contributed by atoms with Crippen LogP contribution in [-0.2, 0) is 0 Å². The number of nitrogens with one attached hydrogen (secondary N) is 1. The summed E-state index contributed by atoms with van der Waals surface area (Å²) in [7, 11) is 3.66. The van der Waals surface area contributed by atoms with Crippen LogP contribution in [0, 0.1) is 20.8 Å². The molecule has 1 aromatic carbocycles. The van der Waals surface area contributed by atoms with Gasteiger partial charge in [-0.25, -0.2) is 0 Å². The van der Waals surface area contributed by atoms with E-state index in [0.29, 0.717) is 0 Å². The average Bonchev–Trinajstić information content (AvgIpc) is 2.33. The molecule has 0 heterocycles. The summed E-state index contributed by atoms with van der Waals surface area (Å²) in [6, 6.07) is 2.09. The molecular formula is C15H26N2O. The molecule has 1 unspecified atom stereocenters. The first-order valence-corrected chi connectivity index (χ1v) is 6.35. The van der Waals surface area contributed by atoms with E-state index in [4.69, 9.17) is 10.5 Å². The van der Waals surface area contributed by atoms with Crippen LogP contribution in [0.2, 0.25) is 0 Å². The summed E-state index contributed by atoms with van der Waals surface area (Å²) >= 11 is 0. The smallest absolute Gasteiger partial charge is 0.124 e. The van der Waals surface area contributed by atoms with Crippen molar-refractivity contribution < 1.29 is 4.74 Å². The predicted octanol–water partition coefficient (Wildman–Crippen LogP) is 2.62. The molecular weight excluding hydrogens is 224 g/mol. The largest absolute Gasteiger partial charge is 0.496 e. The fourth-order valence-electron chi connectivity index (χ4n) is 2.27. The number of nitrogens with two attached hydrogens (primary N) is 1. The van der Waals surface area contributed by atoms with E-state index in [1.165, 1.54) is 16.7 Å². The zero-order valence-electron chi connectivity index (χ0n) is 12.6. The van der Waals surface area contributed by atoms with Gasteiger partial charge < -0.3 is 15.8 Å². The van der Waals surface area contributed by atoms with Gasteiger partial charge in [0.25, 0.3) is 0 Å². The normalized spacial score (nSPS) is 13.6. The van der Waals surface area contributed by atoms with E-state index in [9.17, 15) is 0 Å². The lowest BCUT2D eigenvalue weighted by Gasteiger charge is -2.33. The zero-order valence-corrected chi connectivity index (χ0v) is 12.6. The van der Waals surface area contributed by atoms with Gasteiger partial charge in [-0.05, 0) is 63.9 Å². The van der Waals surface area contributed by atoms with Crippen LogP contribution in [0.1, 0.15) is 42.1 Å². The van der Waals surface area contributed by atoms with Crippen LogP contribution in [0.5, 0.6) is 5.75 Å². The summed E-state index contributed by atoms with van der Waals surface area (Å²) in [5, 5.41) is 3.28. The molecule has 18 heavy (non-hydrogen) atoms. The molecule has 0 radical (unpaired) electrons. The second kappa shape index (κ2) is 5.29. The topological polar surface area (TPSA) is 47.3 Å². The number of hydrogen-bond donors (Lipinski definition) is 2. The molecule has 3 N–H and O–H groups in total. The lowest BCUT2D eigenvalue weighted by molar-refractivity contribution is 0.347. The minimum Gasteiger partial charge on any atom is -0.496 e. The highest BCUT2D eigenvalue weighted by Gasteiger charge is 2.28. The van der Waals surface area contributed by atoms with Gasteiger partial charge in [0.1, 0.15) is 5.75 Å². The molecule has 0 spiro atoms. The van der Waals surface area contributed by atoms with Crippen molar-refractivity contribution in [3.05, 3.63) is 28.3 Å². The van der Waals surface area contributed by atoms with E-state index < -0.39 is 0 Å². The fourth-order valence-corrected chi connectivity index (χ4v) is 2.27. The Morgan fingerprint density at radius 3 is 2.22 bits per heavy atom. The van der Waals surface area contributed by atoms with Crippen LogP contribution < -0.4 is 15.8 Å². The van der Waals surface area contributed by atoms with E-state index in [1.54, 1.807) is 7.11 Å². The highest BCUT2D eigenvalue weighted by molar-refractivity contribution is 5.50. The standard InChI is InChI=1S/C15H26N2O/c1-9-8-12(14(16)15(4,5)17-6)10(2)11(3)13(9)18-7/h8,14,17H,16H2,1-7H3. The van der Waals surface area contributed by atoms with Gasteiger partial charge in [-0.3, -0.25) is 0 Å². The first-order valence-electron chi connectivity index (χ1n) is 6.35. The molecule has 3 heteroatoms. The molecule has 3 nitrogen and oxygen atoms in total. The van der Waals surface area contributed by atoms with Crippen molar-refractivity contribution in [2.75, 3.05) is 14.2 Å². The maximum absolute atomic E-state index is 6.41. The Kier molecular flexibility index (Phi) is 4.41. The fraction of sp³-hybridized carbons (Fsp3) is 0.600. The first kappa shape index (κ1) is 15.0. The number of benzene rings is 1. The molecule has 0 bridgehead atoms. The minimum absolute atomic E-state index is 0.0502. The summed E-state index contributed by atoms with van der Waals surface area (Å²) in [5.41, 5.74) is 11.0. The molecule has 1 aromatic rings. The maximum atomic E-state index is 6.41. The Morgan fingerprint density at radius 2 is 1.78 bits per heavy atom. The summed E-state index contributed by atoms with van der Waals surface area (Å²) in [6.07, 6.45) is 0. The van der Waals surface area contributed by atoms with Gasteiger partial charge in [0.2, 0.25) is 0 Å². The Bertz CT molecular complexity index is 439. The third-order valence-corrected chi connectivity index (χ3v) is 4.03. The Morgan fingerprint density at radius 1 is 1.22 bits per heavy atom. The quantitative estimate of drug-likeness (QED) is 0.863. The predicted molar refractivity (Wildman–Crippen MR) is 77.3 cm³/mol. The number of ether oxygens (including phenoxy) is 1. The highest BCUT2D eigenvalue weighted by Crippen LogP contribution is 2.34. The number of rotatable bonds is 4. The molecule has 0 amide bonds. The second-order valence-electron chi connectivity index (χ2n) is 5.52. The molecule has 0 aromatic heterocycles. The van der Waals surface area contributed by atoms with Crippen LogP contribution >= 0.6 is 0 Å². The van der Waals surface area contributed by atoms with Crippen LogP contribution in [0.15, 0.2) is 6.07 Å². The van der Waals surface area contributed by atoms with Crippen molar-refractivity contribution in [1.82, 2.24) is 5.32 Å². The highest BCUT2D eigenvalue weighted by atomic mass is 16.5. The van der Waals surface area contributed by atoms with Crippen LogP contribution in [0.4, 0.5) is 0 Å². The Labute approximate surface area is 111 Å². The van der Waals surface area contributed by atoms with E-state index in [-0.39, 0.29) is 11.6 Å². The van der Waals surface area contributed by atoms with Gasteiger partial charge in [-0.15, -0.1) is 0 Å². The van der Waals surface area contributed by atoms with Gasteiger partial charge in [0.15, 0.2) is 0 Å². The number of likely N-dealkylation sites (N-methyl/N-ethyl adjacent to an activating group) is 1. The van der Waals surface area contributed by atoms with Gasteiger partial charge in [-0.1, -0.05) is 6.07 Å². The van der Waals surface area contributed by atoms with Gasteiger partial charge in [0, 0.05) is 11.6 Å². The molecule has 0 saturated heterocycles. The Balaban J connectivity index is 3.36. The van der Waals surface area contributed by atoms with E-state index in [1.807, 2.05) is 7.05 Å². The van der Waals surface area contributed by atoms with E-state index in [0.717, 1.165) is 11.3 Å². The van der Waals surface area contributed by atoms with Crippen molar-refractivity contribution in [1.29, 1.82) is 0 Å². The molecule has 1 atom stereocenters. The summed E-state index contributed by atoms with van der Waals surface area (Å²) in [5.74, 6) is 0.964. The number of aryl methyl sites for hydroxylation is 1. The lowest BCUT2D eigenvalue weighted by Crippen LogP contribution is -2.46. The van der Waals surface area contributed by atoms with Crippen molar-refractivity contribution in [3.8, 4) is 5.75 Å². The third-order valence-electron chi connectivity index (χ3n) is 4.03. The summed E-state index contributed by atoms with van der Waals surface area (Å²) in [6.45, 7) is 10.5. The Hall–Kier alpha value is -1.06. The first-order chi connectivity index (χ1) is 8.26. The summed E-state index contributed by atoms with van der Waals surface area (Å²) in [4.78, 5) is 0. The van der Waals surface area contributed by atoms with Crippen molar-refractivity contribution in [2.24, 2.45) is 5.73 Å². The minimum atomic E-state index is -0.141. The molecule has 102 valence electrons. The van der Waals surface area contributed by atoms with E-state index in [2.05, 4.69) is 46.0 Å². The monoisotopic (exact) mass is 250 g/mol. The van der Waals surface area contributed by atoms with Crippen LogP contribution in [-0.4, -0.2) is 19.7 Å². The SMILES string of the molecule is CNC(C)(C)C(N)c1cc(C)c(OC)c(C)c1C. The number of methoxy groups -OCH3 is 1. The molecule has 0 saturated carbocycles. The molecule has 0 aliphatic carbocycles. The zero-order chi connectivity index (χ0) is 14.1. The number of hydrogen-bond acceptors (Lipinski definition) is 3. The molecule has 0 aliphatic rings. The van der Waals surface area contributed by atoms with E-state index >= 15 is 0 Å². The maximum Gasteiger partial charge on any atom is 0.124 e. The van der Waals surface area contributed by atoms with Crippen LogP contribution in [0.3, 0.4) is 0 Å². The van der Waals surface area contributed by atoms with Crippen molar-refractivity contribution in [2.45, 2.75) is 46.2 Å². The summed E-state index contributed by atoms with van der Waals surface area (Å²) < 4.78 is 5.45. The van der Waals surface area contributed by atoms with Gasteiger partial charge >= 0.3 is 0 Å². The molecule has 1 rings (SSSR count). The molecule has 0 fully saturated rings. The lowest BCUT2D eigenvalue weighted by atomic mass is 9.84.